The molecular formula is C24H26N2O2. The Kier molecular flexibility index (Phi) is 4.44. The van der Waals surface area contributed by atoms with Gasteiger partial charge in [-0.15, -0.1) is 0 Å². The van der Waals surface area contributed by atoms with Crippen LogP contribution < -0.4 is 15.8 Å². The second-order valence-electron chi connectivity index (χ2n) is 8.02. The third-order valence-electron chi connectivity index (χ3n) is 6.24. The molecule has 0 saturated carbocycles. The Balaban J connectivity index is 1.53. The van der Waals surface area contributed by atoms with Gasteiger partial charge in [-0.3, -0.25) is 0 Å². The Bertz CT molecular complexity index is 1080. The van der Waals surface area contributed by atoms with Crippen molar-refractivity contribution in [3.8, 4) is 0 Å². The zero-order chi connectivity index (χ0) is 19.1. The van der Waals surface area contributed by atoms with Crippen molar-refractivity contribution in [2.45, 2.75) is 45.7 Å². The van der Waals surface area contributed by atoms with Crippen molar-refractivity contribution < 1.29 is 4.42 Å². The first-order valence-electron chi connectivity index (χ1n) is 10.3. The van der Waals surface area contributed by atoms with Crippen molar-refractivity contribution in [2.24, 2.45) is 0 Å². The van der Waals surface area contributed by atoms with Crippen LogP contribution in [0.4, 0.5) is 5.69 Å². The molecule has 0 radical (unpaired) electrons. The molecule has 4 heteroatoms. The molecule has 3 heterocycles. The summed E-state index contributed by atoms with van der Waals surface area (Å²) in [4.78, 5) is 15.3. The van der Waals surface area contributed by atoms with Crippen molar-refractivity contribution in [3.05, 3.63) is 74.6 Å². The maximum absolute atomic E-state index is 12.8. The van der Waals surface area contributed by atoms with Crippen LogP contribution in [0.15, 0.2) is 45.6 Å². The molecule has 5 rings (SSSR count). The van der Waals surface area contributed by atoms with E-state index in [4.69, 9.17) is 4.42 Å². The van der Waals surface area contributed by atoms with Crippen LogP contribution in [0.2, 0.25) is 0 Å². The van der Waals surface area contributed by atoms with Crippen LogP contribution in [0.25, 0.3) is 11.0 Å². The van der Waals surface area contributed by atoms with Gasteiger partial charge in [0.05, 0.1) is 5.56 Å². The number of anilines is 1. The molecule has 0 aliphatic carbocycles. The van der Waals surface area contributed by atoms with E-state index in [2.05, 4.69) is 35.3 Å². The molecule has 0 unspecified atom stereocenters. The maximum atomic E-state index is 12.8. The minimum Gasteiger partial charge on any atom is -0.422 e. The van der Waals surface area contributed by atoms with Gasteiger partial charge in [-0.2, -0.15) is 0 Å². The zero-order valence-corrected chi connectivity index (χ0v) is 16.4. The SMILES string of the molecule is Cc1c(CNCc2ccccc2)c(=O)oc2c3c4c(cc12)CCCN4CCC3. The smallest absolute Gasteiger partial charge is 0.341 e. The Morgan fingerprint density at radius 1 is 1.07 bits per heavy atom. The van der Waals surface area contributed by atoms with Gasteiger partial charge in [0.1, 0.15) is 5.58 Å². The number of rotatable bonds is 4. The van der Waals surface area contributed by atoms with Crippen LogP contribution in [-0.4, -0.2) is 13.1 Å². The van der Waals surface area contributed by atoms with Crippen LogP contribution in [0.1, 0.15) is 40.7 Å². The molecule has 0 bridgehead atoms. The van der Waals surface area contributed by atoms with Crippen LogP contribution in [0, 0.1) is 6.92 Å². The quantitative estimate of drug-likeness (QED) is 0.699. The van der Waals surface area contributed by atoms with E-state index >= 15 is 0 Å². The standard InChI is InChI=1S/C24H26N2O2/c1-16-20-13-18-9-5-11-26-12-6-10-19(22(18)26)23(20)28-24(27)21(16)15-25-14-17-7-3-2-4-8-17/h2-4,7-8,13,25H,5-6,9-12,14-15H2,1H3. The molecule has 0 amide bonds. The van der Waals surface area contributed by atoms with Crippen molar-refractivity contribution >= 4 is 16.7 Å². The van der Waals surface area contributed by atoms with E-state index in [-0.39, 0.29) is 5.63 Å². The van der Waals surface area contributed by atoms with Gasteiger partial charge in [0.25, 0.3) is 0 Å². The summed E-state index contributed by atoms with van der Waals surface area (Å²) in [6.45, 7) is 5.58. The molecular weight excluding hydrogens is 348 g/mol. The van der Waals surface area contributed by atoms with E-state index in [9.17, 15) is 4.79 Å². The van der Waals surface area contributed by atoms with Crippen molar-refractivity contribution in [3.63, 3.8) is 0 Å². The zero-order valence-electron chi connectivity index (χ0n) is 16.4. The highest BCUT2D eigenvalue weighted by Crippen LogP contribution is 2.40. The van der Waals surface area contributed by atoms with E-state index in [1.807, 2.05) is 18.2 Å². The minimum atomic E-state index is -0.199. The lowest BCUT2D eigenvalue weighted by atomic mass is 9.88. The molecule has 0 saturated heterocycles. The Hall–Kier alpha value is -2.59. The van der Waals surface area contributed by atoms with E-state index in [1.54, 1.807) is 0 Å². The van der Waals surface area contributed by atoms with Crippen LogP contribution >= 0.6 is 0 Å². The van der Waals surface area contributed by atoms with Crippen molar-refractivity contribution in [2.75, 3.05) is 18.0 Å². The predicted octanol–water partition coefficient (Wildman–Crippen LogP) is 4.09. The number of nitrogens with one attached hydrogen (secondary N) is 1. The average Bonchev–Trinajstić information content (AvgIpc) is 2.72. The topological polar surface area (TPSA) is 45.5 Å². The molecule has 144 valence electrons. The molecule has 3 aromatic rings. The molecule has 0 atom stereocenters. The molecule has 2 aromatic carbocycles. The largest absolute Gasteiger partial charge is 0.422 e. The summed E-state index contributed by atoms with van der Waals surface area (Å²) in [5.74, 6) is 0. The van der Waals surface area contributed by atoms with Gasteiger partial charge >= 0.3 is 5.63 Å². The lowest BCUT2D eigenvalue weighted by molar-refractivity contribution is 0.530. The van der Waals surface area contributed by atoms with Gasteiger partial charge < -0.3 is 14.6 Å². The Morgan fingerprint density at radius 3 is 2.68 bits per heavy atom. The number of nitrogens with zero attached hydrogens (tertiary/aromatic N) is 1. The summed E-state index contributed by atoms with van der Waals surface area (Å²) in [7, 11) is 0. The first-order valence-corrected chi connectivity index (χ1v) is 10.3. The maximum Gasteiger partial charge on any atom is 0.341 e. The molecule has 2 aliphatic rings. The summed E-state index contributed by atoms with van der Waals surface area (Å²) in [6.07, 6.45) is 4.47. The third kappa shape index (κ3) is 2.92. The fourth-order valence-corrected chi connectivity index (χ4v) is 4.83. The number of aryl methyl sites for hydroxylation is 3. The number of hydrogen-bond donors (Lipinski definition) is 1. The summed E-state index contributed by atoms with van der Waals surface area (Å²) in [5.41, 5.74) is 7.67. The van der Waals surface area contributed by atoms with E-state index in [0.717, 1.165) is 61.0 Å². The monoisotopic (exact) mass is 374 g/mol. The first-order chi connectivity index (χ1) is 13.7. The number of hydrogen-bond acceptors (Lipinski definition) is 4. The lowest BCUT2D eigenvalue weighted by Crippen LogP contribution is -2.34. The highest BCUT2D eigenvalue weighted by molar-refractivity contribution is 5.91. The van der Waals surface area contributed by atoms with Crippen molar-refractivity contribution in [1.29, 1.82) is 0 Å². The predicted molar refractivity (Wildman–Crippen MR) is 113 cm³/mol. The van der Waals surface area contributed by atoms with Gasteiger partial charge in [0, 0.05) is 42.8 Å². The summed E-state index contributed by atoms with van der Waals surface area (Å²) >= 11 is 0. The highest BCUT2D eigenvalue weighted by atomic mass is 16.4. The minimum absolute atomic E-state index is 0.199. The van der Waals surface area contributed by atoms with Gasteiger partial charge in [-0.1, -0.05) is 30.3 Å². The van der Waals surface area contributed by atoms with Crippen LogP contribution in [-0.2, 0) is 25.9 Å². The summed E-state index contributed by atoms with van der Waals surface area (Å²) in [6, 6.07) is 12.5. The van der Waals surface area contributed by atoms with Gasteiger partial charge in [0.15, 0.2) is 0 Å². The molecule has 1 aromatic heterocycles. The van der Waals surface area contributed by atoms with E-state index in [1.165, 1.54) is 28.8 Å². The van der Waals surface area contributed by atoms with E-state index < -0.39 is 0 Å². The Morgan fingerprint density at radius 2 is 1.86 bits per heavy atom. The van der Waals surface area contributed by atoms with Crippen LogP contribution in [0.5, 0.6) is 0 Å². The summed E-state index contributed by atoms with van der Waals surface area (Å²) < 4.78 is 5.92. The number of fused-ring (bicyclic) bond motifs is 2. The lowest BCUT2D eigenvalue weighted by Gasteiger charge is -2.37. The Labute approximate surface area is 165 Å². The molecule has 2 aliphatic heterocycles. The first kappa shape index (κ1) is 17.5. The molecule has 1 N–H and O–H groups in total. The second-order valence-corrected chi connectivity index (χ2v) is 8.02. The second kappa shape index (κ2) is 7.10. The molecule has 4 nitrogen and oxygen atoms in total. The normalized spacial score (nSPS) is 15.7. The van der Waals surface area contributed by atoms with Crippen LogP contribution in [0.3, 0.4) is 0 Å². The average molecular weight is 374 g/mol. The molecule has 0 spiro atoms. The van der Waals surface area contributed by atoms with Gasteiger partial charge in [-0.05, 0) is 55.4 Å². The molecule has 0 fully saturated rings. The van der Waals surface area contributed by atoms with E-state index in [0.29, 0.717) is 6.54 Å². The third-order valence-corrected chi connectivity index (χ3v) is 6.24. The summed E-state index contributed by atoms with van der Waals surface area (Å²) in [5, 5.41) is 4.52. The number of benzene rings is 2. The fourth-order valence-electron chi connectivity index (χ4n) is 4.83. The molecule has 28 heavy (non-hydrogen) atoms. The fraction of sp³-hybridized carbons (Fsp3) is 0.375. The van der Waals surface area contributed by atoms with Crippen molar-refractivity contribution in [1.82, 2.24) is 5.32 Å². The highest BCUT2D eigenvalue weighted by Gasteiger charge is 2.27. The van der Waals surface area contributed by atoms with Gasteiger partial charge in [0.2, 0.25) is 0 Å². The van der Waals surface area contributed by atoms with Gasteiger partial charge in [-0.25, -0.2) is 4.79 Å².